The molecule has 18 heavy (non-hydrogen) atoms. The van der Waals surface area contributed by atoms with Crippen LogP contribution < -0.4 is 5.32 Å². The van der Waals surface area contributed by atoms with Crippen LogP contribution in [0.25, 0.3) is 0 Å². The molecule has 1 aromatic carbocycles. The van der Waals surface area contributed by atoms with Crippen molar-refractivity contribution < 1.29 is 4.79 Å². The van der Waals surface area contributed by atoms with E-state index < -0.39 is 0 Å². The summed E-state index contributed by atoms with van der Waals surface area (Å²) in [5, 5.41) is 3.14. The predicted octanol–water partition coefficient (Wildman–Crippen LogP) is 3.96. The fraction of sp³-hybridized carbons (Fsp3) is 0.500. The van der Waals surface area contributed by atoms with Crippen molar-refractivity contribution >= 4 is 40.1 Å². The second-order valence-electron chi connectivity index (χ2n) is 4.94. The molecule has 2 nitrogen and oxygen atoms in total. The van der Waals surface area contributed by atoms with Gasteiger partial charge in [0.1, 0.15) is 0 Å². The van der Waals surface area contributed by atoms with E-state index in [0.717, 1.165) is 29.3 Å². The smallest absolute Gasteiger partial charge is 0.251 e. The second kappa shape index (κ2) is 6.24. The van der Waals surface area contributed by atoms with Gasteiger partial charge in [-0.3, -0.25) is 4.79 Å². The highest BCUT2D eigenvalue weighted by atomic mass is 127. The predicted molar refractivity (Wildman–Crippen MR) is 83.2 cm³/mol. The standard InChI is InChI=1S/C14H17ClINO/c15-10-14(8-2-1-3-9-14)17-13(18)11-4-6-12(16)7-5-11/h4-7H,1-3,8-10H2,(H,17,18). The molecule has 0 heterocycles. The number of nitrogens with one attached hydrogen (secondary N) is 1. The second-order valence-corrected chi connectivity index (χ2v) is 6.45. The number of halogens is 2. The third-order valence-electron chi connectivity index (χ3n) is 3.55. The van der Waals surface area contributed by atoms with Crippen molar-refractivity contribution in [1.29, 1.82) is 0 Å². The first-order valence-electron chi connectivity index (χ1n) is 6.29. The molecule has 0 aromatic heterocycles. The van der Waals surface area contributed by atoms with Gasteiger partial charge in [-0.05, 0) is 59.7 Å². The minimum Gasteiger partial charge on any atom is -0.345 e. The number of alkyl halides is 1. The van der Waals surface area contributed by atoms with Gasteiger partial charge < -0.3 is 5.32 Å². The van der Waals surface area contributed by atoms with Crippen molar-refractivity contribution in [3.63, 3.8) is 0 Å². The molecule has 98 valence electrons. The van der Waals surface area contributed by atoms with Gasteiger partial charge in [-0.1, -0.05) is 19.3 Å². The van der Waals surface area contributed by atoms with Gasteiger partial charge in [0, 0.05) is 15.0 Å². The van der Waals surface area contributed by atoms with Crippen LogP contribution in [0.15, 0.2) is 24.3 Å². The molecule has 0 bridgehead atoms. The Morgan fingerprint density at radius 1 is 1.22 bits per heavy atom. The van der Waals surface area contributed by atoms with Crippen LogP contribution in [0, 0.1) is 3.57 Å². The SMILES string of the molecule is O=C(NC1(CCl)CCCCC1)c1ccc(I)cc1. The molecule has 1 aliphatic rings. The Bertz CT molecular complexity index is 412. The molecule has 1 amide bonds. The van der Waals surface area contributed by atoms with Crippen LogP contribution in [-0.4, -0.2) is 17.3 Å². The highest BCUT2D eigenvalue weighted by Crippen LogP contribution is 2.29. The average Bonchev–Trinajstić information content (AvgIpc) is 2.40. The van der Waals surface area contributed by atoms with Crippen molar-refractivity contribution in [2.24, 2.45) is 0 Å². The third-order valence-corrected chi connectivity index (χ3v) is 4.78. The third kappa shape index (κ3) is 3.38. The fourth-order valence-corrected chi connectivity index (χ4v) is 3.13. The van der Waals surface area contributed by atoms with Crippen LogP contribution in [0.5, 0.6) is 0 Å². The van der Waals surface area contributed by atoms with Gasteiger partial charge in [0.2, 0.25) is 0 Å². The zero-order valence-electron chi connectivity index (χ0n) is 10.2. The van der Waals surface area contributed by atoms with Crippen LogP contribution in [0.1, 0.15) is 42.5 Å². The zero-order chi connectivity index (χ0) is 13.0. The summed E-state index contributed by atoms with van der Waals surface area (Å²) in [4.78, 5) is 12.2. The molecule has 2 rings (SSSR count). The molecule has 0 spiro atoms. The molecule has 1 fully saturated rings. The maximum atomic E-state index is 12.2. The number of hydrogen-bond donors (Lipinski definition) is 1. The largest absolute Gasteiger partial charge is 0.345 e. The van der Waals surface area contributed by atoms with Crippen molar-refractivity contribution in [3.05, 3.63) is 33.4 Å². The van der Waals surface area contributed by atoms with Gasteiger partial charge in [-0.2, -0.15) is 0 Å². The minimum absolute atomic E-state index is 0.00560. The van der Waals surface area contributed by atoms with E-state index >= 15 is 0 Å². The summed E-state index contributed by atoms with van der Waals surface area (Å²) >= 11 is 8.31. The maximum absolute atomic E-state index is 12.2. The van der Waals surface area contributed by atoms with E-state index in [1.165, 1.54) is 6.42 Å². The molecule has 0 saturated heterocycles. The lowest BCUT2D eigenvalue weighted by molar-refractivity contribution is 0.0885. The Balaban J connectivity index is 2.07. The topological polar surface area (TPSA) is 29.1 Å². The summed E-state index contributed by atoms with van der Waals surface area (Å²) in [5.74, 6) is 0.497. The van der Waals surface area contributed by atoms with Crippen LogP contribution in [0.2, 0.25) is 0 Å². The molecule has 1 aromatic rings. The summed E-state index contributed by atoms with van der Waals surface area (Å²) in [6.45, 7) is 0. The molecular formula is C14H17ClINO. The number of hydrogen-bond acceptors (Lipinski definition) is 1. The molecule has 1 saturated carbocycles. The number of carbonyl (C=O) groups is 1. The molecule has 1 aliphatic carbocycles. The molecule has 0 radical (unpaired) electrons. The number of carbonyl (C=O) groups excluding carboxylic acids is 1. The summed E-state index contributed by atoms with van der Waals surface area (Å²) in [7, 11) is 0. The normalized spacial score (nSPS) is 18.3. The Kier molecular flexibility index (Phi) is 4.90. The van der Waals surface area contributed by atoms with Crippen LogP contribution in [-0.2, 0) is 0 Å². The van der Waals surface area contributed by atoms with E-state index in [-0.39, 0.29) is 11.4 Å². The lowest BCUT2D eigenvalue weighted by Gasteiger charge is -2.36. The maximum Gasteiger partial charge on any atom is 0.251 e. The zero-order valence-corrected chi connectivity index (χ0v) is 13.1. The summed E-state index contributed by atoms with van der Waals surface area (Å²) in [6.07, 6.45) is 5.54. The van der Waals surface area contributed by atoms with Gasteiger partial charge in [0.15, 0.2) is 0 Å². The highest BCUT2D eigenvalue weighted by Gasteiger charge is 2.32. The van der Waals surface area contributed by atoms with E-state index in [2.05, 4.69) is 27.9 Å². The molecule has 1 N–H and O–H groups in total. The highest BCUT2D eigenvalue weighted by molar-refractivity contribution is 14.1. The van der Waals surface area contributed by atoms with Crippen molar-refractivity contribution in [2.75, 3.05) is 5.88 Å². The average molecular weight is 378 g/mol. The van der Waals surface area contributed by atoms with Crippen LogP contribution >= 0.6 is 34.2 Å². The first-order chi connectivity index (χ1) is 8.65. The quantitative estimate of drug-likeness (QED) is 0.627. The van der Waals surface area contributed by atoms with E-state index in [1.54, 1.807) is 0 Å². The summed E-state index contributed by atoms with van der Waals surface area (Å²) in [5.41, 5.74) is 0.519. The Morgan fingerprint density at radius 3 is 2.39 bits per heavy atom. The van der Waals surface area contributed by atoms with Gasteiger partial charge in [0.25, 0.3) is 5.91 Å². The number of amides is 1. The van der Waals surface area contributed by atoms with Crippen molar-refractivity contribution in [3.8, 4) is 0 Å². The van der Waals surface area contributed by atoms with Crippen LogP contribution in [0.4, 0.5) is 0 Å². The van der Waals surface area contributed by atoms with Gasteiger partial charge in [-0.15, -0.1) is 11.6 Å². The molecule has 0 atom stereocenters. The fourth-order valence-electron chi connectivity index (χ4n) is 2.43. The molecular weight excluding hydrogens is 361 g/mol. The van der Waals surface area contributed by atoms with E-state index in [9.17, 15) is 4.79 Å². The lowest BCUT2D eigenvalue weighted by Crippen LogP contribution is -2.51. The minimum atomic E-state index is -0.195. The van der Waals surface area contributed by atoms with Gasteiger partial charge in [-0.25, -0.2) is 0 Å². The molecule has 0 unspecified atom stereocenters. The van der Waals surface area contributed by atoms with Crippen molar-refractivity contribution in [1.82, 2.24) is 5.32 Å². The van der Waals surface area contributed by atoms with E-state index in [0.29, 0.717) is 11.4 Å². The lowest BCUT2D eigenvalue weighted by atomic mass is 9.83. The Labute approximate surface area is 127 Å². The summed E-state index contributed by atoms with van der Waals surface area (Å²) < 4.78 is 1.13. The molecule has 4 heteroatoms. The van der Waals surface area contributed by atoms with Gasteiger partial charge >= 0.3 is 0 Å². The van der Waals surface area contributed by atoms with Crippen LogP contribution in [0.3, 0.4) is 0 Å². The summed E-state index contributed by atoms with van der Waals surface area (Å²) in [6, 6.07) is 7.62. The first kappa shape index (κ1) is 14.1. The number of rotatable bonds is 3. The Hall–Kier alpha value is -0.290. The Morgan fingerprint density at radius 2 is 1.83 bits per heavy atom. The monoisotopic (exact) mass is 377 g/mol. The van der Waals surface area contributed by atoms with Crippen molar-refractivity contribution in [2.45, 2.75) is 37.6 Å². The molecule has 0 aliphatic heterocycles. The van der Waals surface area contributed by atoms with Gasteiger partial charge in [0.05, 0.1) is 5.54 Å². The number of benzene rings is 1. The van der Waals surface area contributed by atoms with E-state index in [4.69, 9.17) is 11.6 Å². The first-order valence-corrected chi connectivity index (χ1v) is 7.91. The van der Waals surface area contributed by atoms with E-state index in [1.807, 2.05) is 24.3 Å².